The van der Waals surface area contributed by atoms with Crippen molar-refractivity contribution in [2.24, 2.45) is 0 Å². The summed E-state index contributed by atoms with van der Waals surface area (Å²) in [5, 5.41) is 10.2. The average molecular weight is 542 g/mol. The van der Waals surface area contributed by atoms with E-state index in [1.54, 1.807) is 0 Å². The van der Waals surface area contributed by atoms with Gasteiger partial charge in [0.05, 0.1) is 0 Å². The molecule has 3 unspecified atom stereocenters. The minimum Gasteiger partial charge on any atom is -0.386 e. The van der Waals surface area contributed by atoms with Crippen molar-refractivity contribution in [3.63, 3.8) is 0 Å². The number of aliphatic hydroxyl groups is 1. The molecule has 2 rings (SSSR count). The Morgan fingerprint density at radius 3 is 2.39 bits per heavy atom. The summed E-state index contributed by atoms with van der Waals surface area (Å²) < 4.78 is 66.5. The molecular formula is C11H14FN2O12P3S2. The summed E-state index contributed by atoms with van der Waals surface area (Å²) in [4.78, 5) is 38.2. The van der Waals surface area contributed by atoms with Crippen LogP contribution < -0.4 is 0 Å². The van der Waals surface area contributed by atoms with E-state index in [2.05, 4.69) is 18.1 Å². The maximum absolute atomic E-state index is 14.7. The van der Waals surface area contributed by atoms with Gasteiger partial charge in [-0.2, -0.15) is 8.62 Å². The number of H-pyrrole nitrogens is 1. The van der Waals surface area contributed by atoms with Gasteiger partial charge in [-0.1, -0.05) is 18.1 Å². The second kappa shape index (κ2) is 9.30. The molecule has 0 bridgehead atoms. The highest BCUT2D eigenvalue weighted by atomic mass is 32.1. The number of phosphoric acid groups is 3. The number of aromatic nitrogens is 2. The number of hydrogen-bond donors (Lipinski definition) is 6. The predicted octanol–water partition coefficient (Wildman–Crippen LogP) is 1.22. The van der Waals surface area contributed by atoms with Crippen molar-refractivity contribution in [3.05, 3.63) is 21.7 Å². The first-order valence-electron chi connectivity index (χ1n) is 7.58. The molecule has 1 aromatic heterocycles. The zero-order valence-corrected chi connectivity index (χ0v) is 19.1. The van der Waals surface area contributed by atoms with Gasteiger partial charge in [0.2, 0.25) is 0 Å². The number of alkyl halides is 1. The van der Waals surface area contributed by atoms with Gasteiger partial charge >= 0.3 is 23.5 Å². The Balaban J connectivity index is 2.22. The molecule has 0 aromatic carbocycles. The SMILES string of the molecule is C#C[C@]1(COP(=O)(O)OP(=O)(O)OP(=O)(O)O)O[C@@H](n2ccc(=S)[nH]c2=S)[C@@H](F)C1O. The molecule has 14 nitrogen and oxygen atoms in total. The number of aliphatic hydroxyl groups excluding tert-OH is 1. The number of phosphoric ester groups is 1. The molecule has 1 aromatic rings. The molecule has 6 N–H and O–H groups in total. The molecule has 1 fully saturated rings. The van der Waals surface area contributed by atoms with E-state index in [0.29, 0.717) is 0 Å². The fourth-order valence-electron chi connectivity index (χ4n) is 2.36. The zero-order valence-electron chi connectivity index (χ0n) is 14.7. The van der Waals surface area contributed by atoms with Crippen LogP contribution in [0.5, 0.6) is 0 Å². The number of halogens is 1. The van der Waals surface area contributed by atoms with Crippen LogP contribution in [0.4, 0.5) is 4.39 Å². The van der Waals surface area contributed by atoms with Crippen molar-refractivity contribution in [2.75, 3.05) is 6.61 Å². The van der Waals surface area contributed by atoms with E-state index in [0.717, 1.165) is 4.57 Å². The molecule has 2 heterocycles. The molecule has 31 heavy (non-hydrogen) atoms. The van der Waals surface area contributed by atoms with E-state index in [9.17, 15) is 28.1 Å². The molecule has 1 saturated heterocycles. The Kier molecular flexibility index (Phi) is 7.98. The maximum Gasteiger partial charge on any atom is 0.490 e. The van der Waals surface area contributed by atoms with Crippen LogP contribution in [0.2, 0.25) is 0 Å². The zero-order chi connectivity index (χ0) is 23.8. The standard InChI is InChI=1S/C11H14FN2O12P3S2/c1-2-11(5-23-28(19,20)26-29(21,22)25-27(16,17)18)8(15)7(12)9(24-11)14-4-3-6(30)13-10(14)31/h1,3-4,7-9,15H,5H2,(H,19,20)(H,21,22)(H,13,30,31)(H2,16,17,18)/t7-,8?,9+,11+/m0/s1. The lowest BCUT2D eigenvalue weighted by atomic mass is 9.98. The van der Waals surface area contributed by atoms with Crippen LogP contribution in [0, 0.1) is 21.8 Å². The minimum absolute atomic E-state index is 0.104. The van der Waals surface area contributed by atoms with E-state index < -0.39 is 54.2 Å². The first-order chi connectivity index (χ1) is 14.0. The smallest absolute Gasteiger partial charge is 0.386 e. The third-order valence-electron chi connectivity index (χ3n) is 3.61. The van der Waals surface area contributed by atoms with E-state index in [1.165, 1.54) is 12.3 Å². The van der Waals surface area contributed by atoms with Gasteiger partial charge in [-0.3, -0.25) is 9.09 Å². The summed E-state index contributed by atoms with van der Waals surface area (Å²) >= 11 is 9.86. The summed E-state index contributed by atoms with van der Waals surface area (Å²) in [7, 11) is -17.0. The second-order valence-electron chi connectivity index (χ2n) is 5.81. The molecule has 1 aliphatic heterocycles. The van der Waals surface area contributed by atoms with Crippen LogP contribution in [0.1, 0.15) is 6.23 Å². The number of aromatic amines is 1. The molecule has 1 aliphatic rings. The number of nitrogens with zero attached hydrogens (tertiary/aromatic N) is 1. The van der Waals surface area contributed by atoms with Crippen molar-refractivity contribution >= 4 is 47.9 Å². The van der Waals surface area contributed by atoms with Crippen molar-refractivity contribution in [1.82, 2.24) is 9.55 Å². The first-order valence-corrected chi connectivity index (χ1v) is 12.9. The van der Waals surface area contributed by atoms with Crippen LogP contribution in [-0.2, 0) is 31.6 Å². The molecule has 6 atom stereocenters. The van der Waals surface area contributed by atoms with Crippen LogP contribution in [0.3, 0.4) is 0 Å². The fourth-order valence-corrected chi connectivity index (χ4v) is 5.91. The lowest BCUT2D eigenvalue weighted by molar-refractivity contribution is -0.0900. The quantitative estimate of drug-likeness (QED) is 0.155. The van der Waals surface area contributed by atoms with Gasteiger partial charge in [0, 0.05) is 6.20 Å². The van der Waals surface area contributed by atoms with Crippen molar-refractivity contribution < 1.29 is 60.6 Å². The highest BCUT2D eigenvalue weighted by molar-refractivity contribution is 7.72. The van der Waals surface area contributed by atoms with Crippen LogP contribution in [0.25, 0.3) is 0 Å². The molecule has 0 radical (unpaired) electrons. The van der Waals surface area contributed by atoms with Gasteiger partial charge in [0.1, 0.15) is 17.4 Å². The molecule has 174 valence electrons. The third-order valence-corrected chi connectivity index (χ3v) is 7.94. The predicted molar refractivity (Wildman–Crippen MR) is 103 cm³/mol. The first kappa shape index (κ1) is 26.6. The number of terminal acetylenes is 1. The molecule has 20 heteroatoms. The van der Waals surface area contributed by atoms with E-state index >= 15 is 0 Å². The minimum atomic E-state index is -5.79. The Morgan fingerprint density at radius 2 is 1.87 bits per heavy atom. The van der Waals surface area contributed by atoms with Gasteiger partial charge < -0.3 is 34.4 Å². The van der Waals surface area contributed by atoms with Crippen LogP contribution in [-0.4, -0.2) is 58.7 Å². The summed E-state index contributed by atoms with van der Waals surface area (Å²) in [5.74, 6) is 1.87. The van der Waals surface area contributed by atoms with Crippen molar-refractivity contribution in [1.29, 1.82) is 0 Å². The number of rotatable bonds is 8. The van der Waals surface area contributed by atoms with Crippen molar-refractivity contribution in [2.45, 2.75) is 24.1 Å². The largest absolute Gasteiger partial charge is 0.490 e. The van der Waals surface area contributed by atoms with Crippen molar-refractivity contribution in [3.8, 4) is 12.3 Å². The summed E-state index contributed by atoms with van der Waals surface area (Å²) in [6.45, 7) is -1.26. The normalized spacial score (nSPS) is 30.3. The summed E-state index contributed by atoms with van der Waals surface area (Å²) in [6, 6.07) is 1.33. The highest BCUT2D eigenvalue weighted by Crippen LogP contribution is 2.66. The van der Waals surface area contributed by atoms with E-state index in [4.69, 9.17) is 50.3 Å². The Labute approximate surface area is 183 Å². The third kappa shape index (κ3) is 6.67. The van der Waals surface area contributed by atoms with E-state index in [-0.39, 0.29) is 9.41 Å². The van der Waals surface area contributed by atoms with Gasteiger partial charge in [0.25, 0.3) is 0 Å². The molecular weight excluding hydrogens is 528 g/mol. The Hall–Kier alpha value is -0.660. The Bertz CT molecular complexity index is 1150. The second-order valence-corrected chi connectivity index (χ2v) is 11.1. The summed E-state index contributed by atoms with van der Waals surface area (Å²) in [6.07, 6.45) is 0.520. The van der Waals surface area contributed by atoms with Gasteiger partial charge in [-0.15, -0.1) is 6.42 Å². The number of ether oxygens (including phenoxy) is 1. The molecule has 0 spiro atoms. The molecule has 0 aliphatic carbocycles. The summed E-state index contributed by atoms with van der Waals surface area (Å²) in [5.41, 5.74) is -2.41. The number of hydrogen-bond acceptors (Lipinski definition) is 10. The van der Waals surface area contributed by atoms with Gasteiger partial charge in [-0.05, 0) is 18.3 Å². The topological polar surface area (TPSA) is 210 Å². The fraction of sp³-hybridized carbons (Fsp3) is 0.455. The Morgan fingerprint density at radius 1 is 1.26 bits per heavy atom. The van der Waals surface area contributed by atoms with Crippen LogP contribution in [0.15, 0.2) is 12.3 Å². The lowest BCUT2D eigenvalue weighted by Crippen LogP contribution is -2.44. The lowest BCUT2D eigenvalue weighted by Gasteiger charge is -2.27. The average Bonchev–Trinajstić information content (AvgIpc) is 2.82. The maximum atomic E-state index is 14.7. The highest BCUT2D eigenvalue weighted by Gasteiger charge is 2.57. The van der Waals surface area contributed by atoms with Crippen LogP contribution >= 0.6 is 47.9 Å². The van der Waals surface area contributed by atoms with Gasteiger partial charge in [-0.25, -0.2) is 18.1 Å². The molecule has 0 amide bonds. The number of nitrogens with one attached hydrogen (secondary N) is 1. The van der Waals surface area contributed by atoms with E-state index in [1.807, 2.05) is 5.92 Å². The van der Waals surface area contributed by atoms with Gasteiger partial charge in [0.15, 0.2) is 22.8 Å². The molecule has 0 saturated carbocycles. The monoisotopic (exact) mass is 542 g/mol.